The van der Waals surface area contributed by atoms with Crippen LogP contribution in [0.4, 0.5) is 13.2 Å². The number of ether oxygens (including phenoxy) is 1. The number of methoxy groups -OCH3 is 1. The second kappa shape index (κ2) is 9.29. The molecule has 0 amide bonds. The molecule has 0 saturated heterocycles. The molecule has 0 fully saturated rings. The van der Waals surface area contributed by atoms with E-state index in [4.69, 9.17) is 4.74 Å². The third-order valence-corrected chi connectivity index (χ3v) is 5.15. The molecule has 0 saturated carbocycles. The first kappa shape index (κ1) is 22.0. The van der Waals surface area contributed by atoms with Gasteiger partial charge in [0, 0.05) is 11.4 Å². The molecule has 0 bridgehead atoms. The first-order valence-electron chi connectivity index (χ1n) is 8.70. The molecular formula is C19H24F3N3O2S. The van der Waals surface area contributed by atoms with Gasteiger partial charge in [0.05, 0.1) is 25.8 Å². The van der Waals surface area contributed by atoms with E-state index in [9.17, 15) is 18.3 Å². The normalized spacial score (nSPS) is 14.5. The van der Waals surface area contributed by atoms with Gasteiger partial charge in [0.2, 0.25) is 0 Å². The van der Waals surface area contributed by atoms with Gasteiger partial charge in [-0.2, -0.15) is 13.2 Å². The summed E-state index contributed by atoms with van der Waals surface area (Å²) in [6.45, 7) is 4.04. The van der Waals surface area contributed by atoms with E-state index in [0.29, 0.717) is 12.5 Å². The largest absolute Gasteiger partial charge is 0.497 e. The summed E-state index contributed by atoms with van der Waals surface area (Å²) in [4.78, 5) is 5.03. The van der Waals surface area contributed by atoms with Gasteiger partial charge in [-0.25, -0.2) is 4.99 Å². The van der Waals surface area contributed by atoms with E-state index in [1.807, 2.05) is 24.4 Å². The van der Waals surface area contributed by atoms with Crippen molar-refractivity contribution in [3.63, 3.8) is 0 Å². The average molecular weight is 415 g/mol. The number of nitrogens with one attached hydrogen (secondary N) is 2. The van der Waals surface area contributed by atoms with Gasteiger partial charge >= 0.3 is 6.18 Å². The molecule has 3 N–H and O–H groups in total. The Balaban J connectivity index is 2.16. The highest BCUT2D eigenvalue weighted by Crippen LogP contribution is 2.34. The second-order valence-corrected chi connectivity index (χ2v) is 7.27. The van der Waals surface area contributed by atoms with Crippen LogP contribution in [-0.4, -0.2) is 31.3 Å². The summed E-state index contributed by atoms with van der Waals surface area (Å²) < 4.78 is 44.9. The molecule has 1 heterocycles. The Hall–Kier alpha value is -2.26. The summed E-state index contributed by atoms with van der Waals surface area (Å²) in [5, 5.41) is 18.4. The lowest BCUT2D eigenvalue weighted by molar-refractivity contribution is -0.138. The number of rotatable bonds is 7. The number of halogens is 3. The fraction of sp³-hybridized carbons (Fsp3) is 0.421. The van der Waals surface area contributed by atoms with Crippen molar-refractivity contribution >= 4 is 17.3 Å². The minimum atomic E-state index is -4.51. The van der Waals surface area contributed by atoms with Gasteiger partial charge in [0.1, 0.15) is 11.4 Å². The number of thiophene rings is 1. The molecule has 1 aromatic heterocycles. The van der Waals surface area contributed by atoms with Crippen molar-refractivity contribution in [2.24, 2.45) is 4.99 Å². The van der Waals surface area contributed by atoms with Gasteiger partial charge in [-0.3, -0.25) is 0 Å². The summed E-state index contributed by atoms with van der Waals surface area (Å²) in [6.07, 6.45) is -4.51. The predicted octanol–water partition coefficient (Wildman–Crippen LogP) is 3.74. The average Bonchev–Trinajstić information content (AvgIpc) is 3.19. The Morgan fingerprint density at radius 3 is 2.57 bits per heavy atom. The maximum atomic E-state index is 13.3. The van der Waals surface area contributed by atoms with Crippen LogP contribution in [0.15, 0.2) is 40.7 Å². The number of hydrogen-bond donors (Lipinski definition) is 3. The molecule has 2 aromatic rings. The molecule has 0 radical (unpaired) electrons. The van der Waals surface area contributed by atoms with Gasteiger partial charge < -0.3 is 20.5 Å². The van der Waals surface area contributed by atoms with Gasteiger partial charge in [0.25, 0.3) is 0 Å². The Kier molecular flexibility index (Phi) is 7.31. The van der Waals surface area contributed by atoms with Crippen LogP contribution in [0.2, 0.25) is 0 Å². The maximum absolute atomic E-state index is 13.3. The number of benzene rings is 1. The molecule has 5 nitrogen and oxygen atoms in total. The van der Waals surface area contributed by atoms with Crippen molar-refractivity contribution in [3.05, 3.63) is 51.7 Å². The van der Waals surface area contributed by atoms with E-state index in [2.05, 4.69) is 15.6 Å². The fourth-order valence-corrected chi connectivity index (χ4v) is 3.31. The van der Waals surface area contributed by atoms with E-state index >= 15 is 0 Å². The van der Waals surface area contributed by atoms with Crippen molar-refractivity contribution < 1.29 is 23.0 Å². The number of guanidine groups is 1. The first-order valence-corrected chi connectivity index (χ1v) is 9.58. The molecule has 154 valence electrons. The molecule has 0 aliphatic heterocycles. The van der Waals surface area contributed by atoms with Crippen LogP contribution in [0.25, 0.3) is 0 Å². The molecule has 9 heteroatoms. The van der Waals surface area contributed by atoms with E-state index in [-0.39, 0.29) is 24.4 Å². The zero-order valence-corrected chi connectivity index (χ0v) is 16.7. The summed E-state index contributed by atoms with van der Waals surface area (Å²) in [7, 11) is 1.32. The zero-order valence-electron chi connectivity index (χ0n) is 15.9. The molecule has 0 aliphatic carbocycles. The van der Waals surface area contributed by atoms with Gasteiger partial charge in [-0.1, -0.05) is 12.1 Å². The van der Waals surface area contributed by atoms with Crippen LogP contribution in [-0.2, 0) is 18.3 Å². The minimum Gasteiger partial charge on any atom is -0.497 e. The molecule has 1 unspecified atom stereocenters. The Morgan fingerprint density at radius 2 is 2.00 bits per heavy atom. The van der Waals surface area contributed by atoms with Crippen LogP contribution < -0.4 is 15.4 Å². The van der Waals surface area contributed by atoms with Crippen molar-refractivity contribution in [2.75, 3.05) is 20.2 Å². The summed E-state index contributed by atoms with van der Waals surface area (Å²) >= 11 is 1.43. The fourth-order valence-electron chi connectivity index (χ4n) is 2.52. The first-order chi connectivity index (χ1) is 13.2. The standard InChI is InChI=1S/C19H24F3N3O2S/c1-4-23-17(25-12-18(2,26)16-6-5-9-28-16)24-11-13-7-8-14(27-3)10-15(13)19(20,21)22/h5-10,26H,4,11-12H2,1-3H3,(H2,23,24,25). The predicted molar refractivity (Wildman–Crippen MR) is 105 cm³/mol. The third kappa shape index (κ3) is 5.87. The topological polar surface area (TPSA) is 65.9 Å². The van der Waals surface area contributed by atoms with E-state index in [1.165, 1.54) is 30.6 Å². The van der Waals surface area contributed by atoms with Crippen molar-refractivity contribution in [2.45, 2.75) is 32.2 Å². The number of aliphatic hydroxyl groups is 1. The van der Waals surface area contributed by atoms with Crippen molar-refractivity contribution in [3.8, 4) is 5.75 Å². The van der Waals surface area contributed by atoms with Gasteiger partial charge in [-0.05, 0) is 43.0 Å². The van der Waals surface area contributed by atoms with Crippen molar-refractivity contribution in [1.82, 2.24) is 10.6 Å². The number of alkyl halides is 3. The molecular weight excluding hydrogens is 391 g/mol. The quantitative estimate of drug-likeness (QED) is 0.476. The highest BCUT2D eigenvalue weighted by Gasteiger charge is 2.33. The number of hydrogen-bond acceptors (Lipinski definition) is 4. The lowest BCUT2D eigenvalue weighted by Crippen LogP contribution is -2.44. The smallest absolute Gasteiger partial charge is 0.416 e. The molecule has 28 heavy (non-hydrogen) atoms. The lowest BCUT2D eigenvalue weighted by atomic mass is 10.1. The van der Waals surface area contributed by atoms with Crippen LogP contribution >= 0.6 is 11.3 Å². The maximum Gasteiger partial charge on any atom is 0.416 e. The Morgan fingerprint density at radius 1 is 1.25 bits per heavy atom. The SMILES string of the molecule is CCNC(=NCc1ccc(OC)cc1C(F)(F)F)NCC(C)(O)c1cccs1. The number of nitrogens with zero attached hydrogens (tertiary/aromatic N) is 1. The monoisotopic (exact) mass is 415 g/mol. The van der Waals surface area contributed by atoms with Gasteiger partial charge in [0.15, 0.2) is 5.96 Å². The molecule has 0 spiro atoms. The molecule has 1 atom stereocenters. The van der Waals surface area contributed by atoms with Crippen LogP contribution in [0.5, 0.6) is 5.75 Å². The zero-order chi connectivity index (χ0) is 20.8. The minimum absolute atomic E-state index is 0.0375. The number of aliphatic imine (C=N–C) groups is 1. The van der Waals surface area contributed by atoms with E-state index < -0.39 is 17.3 Å². The summed E-state index contributed by atoms with van der Waals surface area (Å²) in [6, 6.07) is 7.46. The Labute approximate surface area is 166 Å². The second-order valence-electron chi connectivity index (χ2n) is 6.32. The lowest BCUT2D eigenvalue weighted by Gasteiger charge is -2.23. The van der Waals surface area contributed by atoms with Crippen LogP contribution in [0.3, 0.4) is 0 Å². The molecule has 2 rings (SSSR count). The highest BCUT2D eigenvalue weighted by atomic mass is 32.1. The van der Waals surface area contributed by atoms with Gasteiger partial charge in [-0.15, -0.1) is 11.3 Å². The van der Waals surface area contributed by atoms with Crippen molar-refractivity contribution in [1.29, 1.82) is 0 Å². The van der Waals surface area contributed by atoms with Crippen LogP contribution in [0.1, 0.15) is 29.9 Å². The highest BCUT2D eigenvalue weighted by molar-refractivity contribution is 7.10. The molecule has 1 aromatic carbocycles. The molecule has 0 aliphatic rings. The third-order valence-electron chi connectivity index (χ3n) is 4.03. The Bertz CT molecular complexity index is 790. The summed E-state index contributed by atoms with van der Waals surface area (Å²) in [5.74, 6) is 0.459. The van der Waals surface area contributed by atoms with Crippen LogP contribution in [0, 0.1) is 0 Å². The summed E-state index contributed by atoms with van der Waals surface area (Å²) in [5.41, 5.74) is -1.87. The van der Waals surface area contributed by atoms with E-state index in [0.717, 1.165) is 10.9 Å². The van der Waals surface area contributed by atoms with E-state index in [1.54, 1.807) is 6.92 Å².